The number of fused-ring (bicyclic) bond motifs is 1. The number of allylic oxidation sites excluding steroid dienone is 2. The molecule has 1 aliphatic carbocycles. The summed E-state index contributed by atoms with van der Waals surface area (Å²) in [5.41, 5.74) is 1.97. The van der Waals surface area contributed by atoms with E-state index < -0.39 is 22.0 Å². The Labute approximate surface area is 220 Å². The lowest BCUT2D eigenvalue weighted by atomic mass is 9.95. The monoisotopic (exact) mass is 542 g/mol. The lowest BCUT2D eigenvalue weighted by Crippen LogP contribution is -2.39. The quantitative estimate of drug-likeness (QED) is 0.452. The largest absolute Gasteiger partial charge is 0.481 e. The molecule has 0 spiro atoms. The topological polar surface area (TPSA) is 115 Å². The molecule has 0 amide bonds. The summed E-state index contributed by atoms with van der Waals surface area (Å²) < 4.78 is 36.5. The molecule has 5 rings (SSSR count). The number of nitrogens with zero attached hydrogens (tertiary/aromatic N) is 4. The molecule has 2 aromatic heterocycles. The second kappa shape index (κ2) is 9.92. The minimum absolute atomic E-state index is 0.0799. The van der Waals surface area contributed by atoms with Crippen LogP contribution < -0.4 is 4.74 Å². The minimum atomic E-state index is -3.93. The first-order chi connectivity index (χ1) is 17.7. The van der Waals surface area contributed by atoms with Gasteiger partial charge in [-0.1, -0.05) is 36.8 Å². The van der Waals surface area contributed by atoms with Gasteiger partial charge < -0.3 is 9.84 Å². The van der Waals surface area contributed by atoms with E-state index in [4.69, 9.17) is 21.4 Å². The van der Waals surface area contributed by atoms with E-state index in [1.165, 1.54) is 16.6 Å². The van der Waals surface area contributed by atoms with E-state index in [-0.39, 0.29) is 29.8 Å². The Morgan fingerprint density at radius 1 is 1.27 bits per heavy atom. The van der Waals surface area contributed by atoms with Gasteiger partial charge in [0, 0.05) is 23.0 Å². The molecule has 194 valence electrons. The lowest BCUT2D eigenvalue weighted by molar-refractivity contribution is -0.136. The molecule has 1 fully saturated rings. The summed E-state index contributed by atoms with van der Waals surface area (Å²) in [7, 11) is -3.93. The van der Waals surface area contributed by atoms with Crippen molar-refractivity contribution in [3.63, 3.8) is 0 Å². The van der Waals surface area contributed by atoms with E-state index in [2.05, 4.69) is 4.98 Å². The van der Waals surface area contributed by atoms with Crippen molar-refractivity contribution in [1.82, 2.24) is 19.1 Å². The van der Waals surface area contributed by atoms with Gasteiger partial charge in [-0.3, -0.25) is 9.48 Å². The van der Waals surface area contributed by atoms with Crippen LogP contribution in [0.3, 0.4) is 0 Å². The van der Waals surface area contributed by atoms with Crippen LogP contribution in [0.5, 0.6) is 5.88 Å². The van der Waals surface area contributed by atoms with Gasteiger partial charge in [0.1, 0.15) is 4.90 Å². The Morgan fingerprint density at radius 2 is 2.08 bits per heavy atom. The summed E-state index contributed by atoms with van der Waals surface area (Å²) in [5, 5.41) is 15.4. The smallest absolute Gasteiger partial charge is 0.309 e. The summed E-state index contributed by atoms with van der Waals surface area (Å²) in [5.74, 6) is -0.769. The third kappa shape index (κ3) is 4.65. The number of hydrogen-bond donors (Lipinski definition) is 1. The number of halogens is 1. The van der Waals surface area contributed by atoms with E-state index in [0.29, 0.717) is 40.5 Å². The normalized spacial score (nSPS) is 22.0. The molecule has 1 aliphatic heterocycles. The summed E-state index contributed by atoms with van der Waals surface area (Å²) >= 11 is 6.33. The molecule has 0 radical (unpaired) electrons. The number of ether oxygens (including phenoxy) is 1. The van der Waals surface area contributed by atoms with Gasteiger partial charge in [-0.15, -0.1) is 0 Å². The van der Waals surface area contributed by atoms with Crippen molar-refractivity contribution < 1.29 is 23.1 Å². The van der Waals surface area contributed by atoms with Gasteiger partial charge in [0.05, 0.1) is 42.5 Å². The van der Waals surface area contributed by atoms with E-state index in [0.717, 1.165) is 5.57 Å². The Kier molecular flexibility index (Phi) is 6.82. The van der Waals surface area contributed by atoms with Crippen molar-refractivity contribution in [2.75, 3.05) is 13.2 Å². The zero-order valence-electron chi connectivity index (χ0n) is 20.4. The molecule has 1 unspecified atom stereocenters. The van der Waals surface area contributed by atoms with Gasteiger partial charge in [-0.05, 0) is 49.1 Å². The number of rotatable bonds is 8. The van der Waals surface area contributed by atoms with Crippen LogP contribution in [0, 0.1) is 5.92 Å². The first-order valence-electron chi connectivity index (χ1n) is 12.1. The number of carboxylic acid groups (broad SMARTS) is 1. The number of benzene rings is 1. The second-order valence-corrected chi connectivity index (χ2v) is 11.5. The van der Waals surface area contributed by atoms with Crippen LogP contribution in [0.15, 0.2) is 65.2 Å². The van der Waals surface area contributed by atoms with Gasteiger partial charge in [0.15, 0.2) is 0 Å². The van der Waals surface area contributed by atoms with Crippen LogP contribution in [-0.2, 0) is 21.2 Å². The summed E-state index contributed by atoms with van der Waals surface area (Å²) in [6.07, 6.45) is 7.74. The molecule has 37 heavy (non-hydrogen) atoms. The number of carbonyl (C=O) groups is 1. The van der Waals surface area contributed by atoms with Gasteiger partial charge in [-0.25, -0.2) is 13.4 Å². The van der Waals surface area contributed by atoms with Crippen LogP contribution in [0.1, 0.15) is 32.0 Å². The molecule has 1 saturated heterocycles. The highest BCUT2D eigenvalue weighted by atomic mass is 35.5. The molecule has 3 atom stereocenters. The van der Waals surface area contributed by atoms with Crippen LogP contribution in [0.4, 0.5) is 0 Å². The maximum Gasteiger partial charge on any atom is 0.309 e. The van der Waals surface area contributed by atoms with Crippen molar-refractivity contribution >= 4 is 38.5 Å². The molecule has 9 nitrogen and oxygen atoms in total. The maximum atomic E-state index is 13.9. The predicted octanol–water partition coefficient (Wildman–Crippen LogP) is 4.25. The van der Waals surface area contributed by atoms with Crippen molar-refractivity contribution in [2.45, 2.75) is 43.7 Å². The highest BCUT2D eigenvalue weighted by molar-refractivity contribution is 7.89. The zero-order valence-corrected chi connectivity index (χ0v) is 22.0. The highest BCUT2D eigenvalue weighted by Crippen LogP contribution is 2.43. The average molecular weight is 543 g/mol. The lowest BCUT2D eigenvalue weighted by Gasteiger charge is -2.29. The van der Waals surface area contributed by atoms with E-state index in [1.54, 1.807) is 28.9 Å². The van der Waals surface area contributed by atoms with Crippen molar-refractivity contribution in [3.05, 3.63) is 71.0 Å². The molecule has 3 aromatic rings. The van der Waals surface area contributed by atoms with Crippen LogP contribution in [0.25, 0.3) is 10.9 Å². The molecule has 3 heterocycles. The molecule has 1 aromatic carbocycles. The number of sulfonamides is 1. The molecule has 0 saturated carbocycles. The maximum absolute atomic E-state index is 13.9. The van der Waals surface area contributed by atoms with Gasteiger partial charge >= 0.3 is 5.97 Å². The van der Waals surface area contributed by atoms with Crippen LogP contribution >= 0.6 is 11.6 Å². The Bertz CT molecular complexity index is 1510. The average Bonchev–Trinajstić information content (AvgIpc) is 3.57. The summed E-state index contributed by atoms with van der Waals surface area (Å²) in [4.78, 5) is 15.8. The summed E-state index contributed by atoms with van der Waals surface area (Å²) in [6, 6.07) is 7.35. The van der Waals surface area contributed by atoms with Crippen molar-refractivity contribution in [3.8, 4) is 5.88 Å². The van der Waals surface area contributed by atoms with Gasteiger partial charge in [0.2, 0.25) is 15.9 Å². The SMILES string of the molecule is CCOc1ccc(S(=O)(=O)N2C[C@@H](C)[C@@H](n3nc(CC(=O)O)c4ccc(Cl)cc43)C2C2=CCC=C2)cn1. The third-order valence-corrected chi connectivity index (χ3v) is 8.85. The number of aliphatic carboxylic acids is 1. The van der Waals surface area contributed by atoms with E-state index in [1.807, 2.05) is 32.1 Å². The minimum Gasteiger partial charge on any atom is -0.481 e. The second-order valence-electron chi connectivity index (χ2n) is 9.22. The van der Waals surface area contributed by atoms with Gasteiger partial charge in [0.25, 0.3) is 0 Å². The molecular formula is C26H27ClN4O5S. The van der Waals surface area contributed by atoms with Crippen LogP contribution in [-0.4, -0.2) is 57.8 Å². The van der Waals surface area contributed by atoms with Gasteiger partial charge in [-0.2, -0.15) is 9.40 Å². The Hall–Kier alpha value is -3.21. The highest BCUT2D eigenvalue weighted by Gasteiger charge is 2.49. The molecule has 11 heteroatoms. The first kappa shape index (κ1) is 25.4. The fraction of sp³-hybridized carbons (Fsp3) is 0.346. The predicted molar refractivity (Wildman–Crippen MR) is 139 cm³/mol. The van der Waals surface area contributed by atoms with Crippen LogP contribution in [0.2, 0.25) is 5.02 Å². The van der Waals surface area contributed by atoms with E-state index >= 15 is 0 Å². The molecular weight excluding hydrogens is 516 g/mol. The number of hydrogen-bond acceptors (Lipinski definition) is 6. The Balaban J connectivity index is 1.63. The number of aromatic nitrogens is 3. The fourth-order valence-corrected chi connectivity index (χ4v) is 7.07. The standard InChI is InChI=1S/C26H27ClN4O5S/c1-3-36-23-11-9-19(14-28-23)37(34,35)30-15-16(2)25(26(30)17-6-4-5-7-17)31-22-12-18(27)8-10-20(22)21(29-31)13-24(32)33/h4,6-12,14,16,25-26H,3,5,13,15H2,1-2H3,(H,32,33)/t16-,25-,26?/m1/s1. The van der Waals surface area contributed by atoms with E-state index in [9.17, 15) is 18.3 Å². The Morgan fingerprint density at radius 3 is 2.73 bits per heavy atom. The molecule has 1 N–H and O–H groups in total. The third-order valence-electron chi connectivity index (χ3n) is 6.78. The number of pyridine rings is 1. The zero-order chi connectivity index (χ0) is 26.3. The molecule has 2 aliphatic rings. The first-order valence-corrected chi connectivity index (χ1v) is 13.9. The fourth-order valence-electron chi connectivity index (χ4n) is 5.23. The van der Waals surface area contributed by atoms with Crippen molar-refractivity contribution in [1.29, 1.82) is 0 Å². The van der Waals surface area contributed by atoms with Crippen molar-refractivity contribution in [2.24, 2.45) is 5.92 Å². The summed E-state index contributed by atoms with van der Waals surface area (Å²) in [6.45, 7) is 4.50. The number of carboxylic acids is 1. The molecule has 0 bridgehead atoms.